The molecule has 0 fully saturated rings. The van der Waals surface area contributed by atoms with Gasteiger partial charge in [-0.3, -0.25) is 0 Å². The van der Waals surface area contributed by atoms with Crippen molar-refractivity contribution in [2.75, 3.05) is 7.11 Å². The molecule has 0 aromatic heterocycles. The summed E-state index contributed by atoms with van der Waals surface area (Å²) in [6.07, 6.45) is -15.1. The molecule has 0 bridgehead atoms. The van der Waals surface area contributed by atoms with Gasteiger partial charge in [0.15, 0.2) is 0 Å². The number of ether oxygens (including phenoxy) is 2. The molecule has 1 rings (SSSR count). The van der Waals surface area contributed by atoms with Gasteiger partial charge in [-0.1, -0.05) is 0 Å². The van der Waals surface area contributed by atoms with Crippen LogP contribution in [0.5, 0.6) is 5.75 Å². The zero-order valence-electron chi connectivity index (χ0n) is 10.5. The number of hydrogen-bond acceptors (Lipinski definition) is 3. The van der Waals surface area contributed by atoms with Crippen molar-refractivity contribution < 1.29 is 35.8 Å². The van der Waals surface area contributed by atoms with Gasteiger partial charge in [0, 0.05) is 5.56 Å². The van der Waals surface area contributed by atoms with Gasteiger partial charge in [-0.05, 0) is 18.2 Å². The molecular formula is C12H9F6NO2. The van der Waals surface area contributed by atoms with E-state index in [2.05, 4.69) is 4.74 Å². The summed E-state index contributed by atoms with van der Waals surface area (Å²) in [6.45, 7) is -0.998. The molecule has 0 heterocycles. The zero-order valence-corrected chi connectivity index (χ0v) is 10.5. The quantitative estimate of drug-likeness (QED) is 0.798. The number of rotatable bonds is 4. The summed E-state index contributed by atoms with van der Waals surface area (Å²) in [6, 6.07) is 5.38. The number of nitrogens with zero attached hydrogens (tertiary/aromatic N) is 1. The summed E-state index contributed by atoms with van der Waals surface area (Å²) in [5, 5.41) is 8.67. The van der Waals surface area contributed by atoms with E-state index in [-0.39, 0.29) is 16.9 Å². The standard InChI is InChI=1S/C12H9F6NO2/c1-20-9-3-2-7(5-19)4-8(9)6-21-10(11(13,14)15)12(16,17)18/h2-4,10H,6H2,1H3. The summed E-state index contributed by atoms with van der Waals surface area (Å²) in [5.41, 5.74) is -0.0278. The van der Waals surface area contributed by atoms with Gasteiger partial charge in [0.1, 0.15) is 5.75 Å². The van der Waals surface area contributed by atoms with E-state index in [4.69, 9.17) is 10.00 Å². The predicted molar refractivity (Wildman–Crippen MR) is 58.4 cm³/mol. The van der Waals surface area contributed by atoms with Crippen molar-refractivity contribution in [2.24, 2.45) is 0 Å². The van der Waals surface area contributed by atoms with Gasteiger partial charge in [0.2, 0.25) is 6.10 Å². The lowest BCUT2D eigenvalue weighted by Crippen LogP contribution is -2.44. The van der Waals surface area contributed by atoms with E-state index >= 15 is 0 Å². The Morgan fingerprint density at radius 1 is 1.14 bits per heavy atom. The fraction of sp³-hybridized carbons (Fsp3) is 0.417. The van der Waals surface area contributed by atoms with Crippen LogP contribution < -0.4 is 4.74 Å². The van der Waals surface area contributed by atoms with Crippen molar-refractivity contribution in [3.05, 3.63) is 29.3 Å². The van der Waals surface area contributed by atoms with Crippen LogP contribution in [0.15, 0.2) is 18.2 Å². The van der Waals surface area contributed by atoms with E-state index in [1.807, 2.05) is 0 Å². The van der Waals surface area contributed by atoms with E-state index in [0.717, 1.165) is 6.07 Å². The molecule has 0 aliphatic rings. The fourth-order valence-corrected chi connectivity index (χ4v) is 1.51. The molecule has 1 aromatic rings. The van der Waals surface area contributed by atoms with Crippen LogP contribution in [0.4, 0.5) is 26.3 Å². The van der Waals surface area contributed by atoms with Crippen LogP contribution in [-0.2, 0) is 11.3 Å². The minimum absolute atomic E-state index is 0.0251. The number of benzene rings is 1. The Kier molecular flexibility index (Phi) is 5.06. The van der Waals surface area contributed by atoms with Gasteiger partial charge in [0.25, 0.3) is 0 Å². The van der Waals surface area contributed by atoms with Crippen molar-refractivity contribution in [2.45, 2.75) is 25.1 Å². The van der Waals surface area contributed by atoms with Crippen LogP contribution in [0.3, 0.4) is 0 Å². The molecule has 0 saturated carbocycles. The molecule has 0 N–H and O–H groups in total. The van der Waals surface area contributed by atoms with Gasteiger partial charge in [-0.25, -0.2) is 0 Å². The highest BCUT2D eigenvalue weighted by molar-refractivity contribution is 5.41. The van der Waals surface area contributed by atoms with Gasteiger partial charge in [0.05, 0.1) is 25.3 Å². The highest BCUT2D eigenvalue weighted by atomic mass is 19.4. The molecule has 0 atom stereocenters. The maximum atomic E-state index is 12.3. The smallest absolute Gasteiger partial charge is 0.423 e. The van der Waals surface area contributed by atoms with Crippen molar-refractivity contribution in [3.63, 3.8) is 0 Å². The lowest BCUT2D eigenvalue weighted by atomic mass is 10.1. The highest BCUT2D eigenvalue weighted by Crippen LogP contribution is 2.36. The summed E-state index contributed by atoms with van der Waals surface area (Å²) in [5.74, 6) is 0.0251. The van der Waals surface area contributed by atoms with Crippen LogP contribution in [0.2, 0.25) is 0 Å². The molecule has 0 aliphatic heterocycles. The maximum Gasteiger partial charge on any atom is 0.423 e. The average Bonchev–Trinajstić information content (AvgIpc) is 2.35. The molecule has 3 nitrogen and oxygen atoms in total. The van der Waals surface area contributed by atoms with Gasteiger partial charge >= 0.3 is 12.4 Å². The Balaban J connectivity index is 2.98. The van der Waals surface area contributed by atoms with E-state index in [9.17, 15) is 26.3 Å². The molecule has 0 unspecified atom stereocenters. The summed E-state index contributed by atoms with van der Waals surface area (Å²) in [4.78, 5) is 0. The number of methoxy groups -OCH3 is 1. The first kappa shape index (κ1) is 17.1. The fourth-order valence-electron chi connectivity index (χ4n) is 1.51. The predicted octanol–water partition coefficient (Wildman–Crippen LogP) is 3.58. The lowest BCUT2D eigenvalue weighted by Gasteiger charge is -2.23. The Morgan fingerprint density at radius 3 is 2.14 bits per heavy atom. The molecule has 0 aliphatic carbocycles. The van der Waals surface area contributed by atoms with Gasteiger partial charge in [-0.2, -0.15) is 31.6 Å². The monoisotopic (exact) mass is 313 g/mol. The van der Waals surface area contributed by atoms with Crippen LogP contribution in [-0.4, -0.2) is 25.6 Å². The van der Waals surface area contributed by atoms with E-state index in [1.165, 1.54) is 19.2 Å². The molecular weight excluding hydrogens is 304 g/mol. The highest BCUT2D eigenvalue weighted by Gasteiger charge is 2.58. The minimum atomic E-state index is -5.58. The number of halogens is 6. The third kappa shape index (κ3) is 4.53. The molecule has 0 amide bonds. The second-order valence-corrected chi connectivity index (χ2v) is 3.91. The molecule has 21 heavy (non-hydrogen) atoms. The summed E-state index contributed by atoms with van der Waals surface area (Å²) < 4.78 is 82.7. The lowest BCUT2D eigenvalue weighted by molar-refractivity contribution is -0.324. The topological polar surface area (TPSA) is 42.2 Å². The van der Waals surface area contributed by atoms with Crippen LogP contribution in [0, 0.1) is 11.3 Å². The second kappa shape index (κ2) is 6.22. The number of alkyl halides is 6. The van der Waals surface area contributed by atoms with E-state index < -0.39 is 25.1 Å². The largest absolute Gasteiger partial charge is 0.496 e. The van der Waals surface area contributed by atoms with Crippen molar-refractivity contribution in [1.82, 2.24) is 0 Å². The maximum absolute atomic E-state index is 12.3. The Bertz CT molecular complexity index is 518. The SMILES string of the molecule is COc1ccc(C#N)cc1COC(C(F)(F)F)C(F)(F)F. The number of hydrogen-bond donors (Lipinski definition) is 0. The van der Waals surface area contributed by atoms with Crippen molar-refractivity contribution in [3.8, 4) is 11.8 Å². The van der Waals surface area contributed by atoms with Crippen molar-refractivity contribution in [1.29, 1.82) is 5.26 Å². The first-order valence-corrected chi connectivity index (χ1v) is 5.41. The first-order valence-electron chi connectivity index (χ1n) is 5.41. The van der Waals surface area contributed by atoms with E-state index in [0.29, 0.717) is 0 Å². The zero-order chi connectivity index (χ0) is 16.3. The third-order valence-electron chi connectivity index (χ3n) is 2.41. The Labute approximate surface area is 115 Å². The van der Waals surface area contributed by atoms with Crippen LogP contribution >= 0.6 is 0 Å². The second-order valence-electron chi connectivity index (χ2n) is 3.91. The Morgan fingerprint density at radius 2 is 1.71 bits per heavy atom. The molecule has 0 saturated heterocycles. The summed E-state index contributed by atoms with van der Waals surface area (Å²) in [7, 11) is 1.19. The summed E-state index contributed by atoms with van der Waals surface area (Å²) >= 11 is 0. The number of nitriles is 1. The van der Waals surface area contributed by atoms with Crippen LogP contribution in [0.25, 0.3) is 0 Å². The molecule has 9 heteroatoms. The van der Waals surface area contributed by atoms with E-state index in [1.54, 1.807) is 6.07 Å². The van der Waals surface area contributed by atoms with Crippen molar-refractivity contribution >= 4 is 0 Å². The normalized spacial score (nSPS) is 12.3. The first-order chi connectivity index (χ1) is 9.59. The molecule has 1 aromatic carbocycles. The van der Waals surface area contributed by atoms with Gasteiger partial charge < -0.3 is 9.47 Å². The molecule has 0 radical (unpaired) electrons. The van der Waals surface area contributed by atoms with Gasteiger partial charge in [-0.15, -0.1) is 0 Å². The third-order valence-corrected chi connectivity index (χ3v) is 2.41. The Hall–Kier alpha value is -1.95. The molecule has 0 spiro atoms. The minimum Gasteiger partial charge on any atom is -0.496 e. The van der Waals surface area contributed by atoms with Crippen LogP contribution in [0.1, 0.15) is 11.1 Å². The average molecular weight is 313 g/mol. The molecule has 116 valence electrons.